The summed E-state index contributed by atoms with van der Waals surface area (Å²) >= 11 is 0. The predicted molar refractivity (Wildman–Crippen MR) is 98.6 cm³/mol. The Kier molecular flexibility index (Phi) is 4.78. The number of hydrogen-bond acceptors (Lipinski definition) is 4. The van der Waals surface area contributed by atoms with Gasteiger partial charge in [-0.1, -0.05) is 0 Å². The summed E-state index contributed by atoms with van der Waals surface area (Å²) in [6.45, 7) is 1.22. The minimum Gasteiger partial charge on any atom is -0.324 e. The summed E-state index contributed by atoms with van der Waals surface area (Å²) in [5, 5.41) is 10.1. The van der Waals surface area contributed by atoms with Gasteiger partial charge in [-0.25, -0.2) is 14.2 Å². The van der Waals surface area contributed by atoms with Crippen molar-refractivity contribution < 1.29 is 9.18 Å². The molecule has 0 unspecified atom stereocenters. The molecule has 7 nitrogen and oxygen atoms in total. The van der Waals surface area contributed by atoms with Crippen LogP contribution < -0.4 is 5.32 Å². The number of carbonyl (C=O) groups excluding carboxylic acids is 1. The number of likely N-dealkylation sites (tertiary alicyclic amines) is 1. The first-order valence-electron chi connectivity index (χ1n) is 8.83. The van der Waals surface area contributed by atoms with Gasteiger partial charge in [-0.15, -0.1) is 0 Å². The van der Waals surface area contributed by atoms with Crippen LogP contribution in [-0.4, -0.2) is 44.2 Å². The van der Waals surface area contributed by atoms with Crippen LogP contribution in [0.25, 0.3) is 11.4 Å². The van der Waals surface area contributed by atoms with Crippen LogP contribution in [0.15, 0.2) is 48.8 Å². The molecule has 27 heavy (non-hydrogen) atoms. The van der Waals surface area contributed by atoms with E-state index in [1.165, 1.54) is 12.1 Å². The van der Waals surface area contributed by atoms with Crippen LogP contribution in [0, 0.1) is 5.82 Å². The number of pyridine rings is 1. The first-order valence-corrected chi connectivity index (χ1v) is 8.83. The number of hydrogen-bond donors (Lipinski definition) is 2. The quantitative estimate of drug-likeness (QED) is 0.744. The van der Waals surface area contributed by atoms with Crippen LogP contribution in [0.1, 0.15) is 24.6 Å². The lowest BCUT2D eigenvalue weighted by molar-refractivity contribution is 0.191. The van der Waals surface area contributed by atoms with Gasteiger partial charge in [0.1, 0.15) is 11.6 Å². The van der Waals surface area contributed by atoms with Gasteiger partial charge in [0, 0.05) is 42.7 Å². The second kappa shape index (κ2) is 7.53. The third-order valence-corrected chi connectivity index (χ3v) is 4.61. The highest BCUT2D eigenvalue weighted by atomic mass is 19.1. The molecule has 1 fully saturated rings. The van der Waals surface area contributed by atoms with E-state index in [0.29, 0.717) is 24.6 Å². The first-order chi connectivity index (χ1) is 13.2. The fraction of sp³-hybridized carbons (Fsp3) is 0.263. The van der Waals surface area contributed by atoms with Gasteiger partial charge in [-0.3, -0.25) is 10.1 Å². The average Bonchev–Trinajstić information content (AvgIpc) is 3.21. The number of urea groups is 1. The molecule has 2 N–H and O–H groups in total. The van der Waals surface area contributed by atoms with E-state index in [1.54, 1.807) is 29.4 Å². The summed E-state index contributed by atoms with van der Waals surface area (Å²) in [7, 11) is 0. The number of anilines is 1. The lowest BCUT2D eigenvalue weighted by atomic mass is 9.97. The largest absolute Gasteiger partial charge is 0.324 e. The molecular formula is C19H19FN6O. The number of H-pyrrole nitrogens is 1. The molecule has 1 saturated heterocycles. The molecular weight excluding hydrogens is 347 g/mol. The maximum Gasteiger partial charge on any atom is 0.321 e. The van der Waals surface area contributed by atoms with Gasteiger partial charge in [0.25, 0.3) is 0 Å². The molecule has 3 heterocycles. The highest BCUT2D eigenvalue weighted by Crippen LogP contribution is 2.26. The molecule has 0 aliphatic carbocycles. The van der Waals surface area contributed by atoms with Crippen LogP contribution in [0.3, 0.4) is 0 Å². The van der Waals surface area contributed by atoms with Crippen molar-refractivity contribution in [1.82, 2.24) is 25.1 Å². The summed E-state index contributed by atoms with van der Waals surface area (Å²) < 4.78 is 13.0. The van der Waals surface area contributed by atoms with E-state index in [1.807, 2.05) is 12.1 Å². The Hall–Kier alpha value is -3.29. The summed E-state index contributed by atoms with van der Waals surface area (Å²) in [6, 6.07) is 9.29. The number of nitrogens with zero attached hydrogens (tertiary/aromatic N) is 4. The number of rotatable bonds is 3. The Labute approximate surface area is 155 Å². The number of carbonyl (C=O) groups is 1. The standard InChI is InChI=1S/C19H19FN6O/c20-15-5-7-16(8-6-15)22-19(27)26-10-2-4-14(12-26)18-23-17(24-25-18)13-3-1-9-21-11-13/h1,3,5-9,11,14H,2,4,10,12H2,(H,22,27)(H,23,24,25)/t14-/m1/s1. The van der Waals surface area contributed by atoms with Crippen molar-refractivity contribution in [2.75, 3.05) is 18.4 Å². The molecule has 2 amide bonds. The van der Waals surface area contributed by atoms with Gasteiger partial charge >= 0.3 is 6.03 Å². The van der Waals surface area contributed by atoms with Gasteiger partial charge in [0.15, 0.2) is 5.82 Å². The smallest absolute Gasteiger partial charge is 0.321 e. The Bertz CT molecular complexity index is 911. The van der Waals surface area contributed by atoms with Crippen molar-refractivity contribution in [3.63, 3.8) is 0 Å². The number of piperidine rings is 1. The topological polar surface area (TPSA) is 86.8 Å². The van der Waals surface area contributed by atoms with E-state index in [4.69, 9.17) is 0 Å². The van der Waals surface area contributed by atoms with Crippen LogP contribution in [-0.2, 0) is 0 Å². The van der Waals surface area contributed by atoms with E-state index in [0.717, 1.165) is 24.2 Å². The number of benzene rings is 1. The molecule has 0 radical (unpaired) electrons. The fourth-order valence-electron chi connectivity index (χ4n) is 3.20. The second-order valence-corrected chi connectivity index (χ2v) is 6.51. The normalized spacial score (nSPS) is 16.9. The van der Waals surface area contributed by atoms with Crippen LogP contribution >= 0.6 is 0 Å². The van der Waals surface area contributed by atoms with Gasteiger partial charge in [0.05, 0.1) is 0 Å². The van der Waals surface area contributed by atoms with Crippen molar-refractivity contribution in [2.24, 2.45) is 0 Å². The molecule has 3 aromatic rings. The van der Waals surface area contributed by atoms with E-state index in [-0.39, 0.29) is 17.8 Å². The zero-order valence-electron chi connectivity index (χ0n) is 14.6. The SMILES string of the molecule is O=C(Nc1ccc(F)cc1)N1CCC[C@@H](c2nc(-c3cccnc3)n[nH]2)C1. The molecule has 8 heteroatoms. The number of aromatic nitrogens is 4. The van der Waals surface area contributed by atoms with Crippen molar-refractivity contribution in [1.29, 1.82) is 0 Å². The maximum atomic E-state index is 13.0. The lowest BCUT2D eigenvalue weighted by Crippen LogP contribution is -2.41. The van der Waals surface area contributed by atoms with Crippen molar-refractivity contribution in [3.8, 4) is 11.4 Å². The van der Waals surface area contributed by atoms with E-state index in [9.17, 15) is 9.18 Å². The molecule has 1 aromatic carbocycles. The van der Waals surface area contributed by atoms with Gasteiger partial charge in [-0.2, -0.15) is 5.10 Å². The summed E-state index contributed by atoms with van der Waals surface area (Å²) in [5.74, 6) is 1.13. The van der Waals surface area contributed by atoms with Crippen LogP contribution in [0.2, 0.25) is 0 Å². The average molecular weight is 366 g/mol. The Morgan fingerprint density at radius 3 is 2.89 bits per heavy atom. The van der Waals surface area contributed by atoms with Crippen molar-refractivity contribution in [3.05, 3.63) is 60.4 Å². The monoisotopic (exact) mass is 366 g/mol. The van der Waals surface area contributed by atoms with Gasteiger partial charge < -0.3 is 10.2 Å². The molecule has 0 bridgehead atoms. The molecule has 2 aromatic heterocycles. The molecule has 1 aliphatic rings. The number of nitrogens with one attached hydrogen (secondary N) is 2. The molecule has 138 valence electrons. The predicted octanol–water partition coefficient (Wildman–Crippen LogP) is 3.42. The Balaban J connectivity index is 1.43. The minimum absolute atomic E-state index is 0.0932. The third kappa shape index (κ3) is 3.94. The van der Waals surface area contributed by atoms with Gasteiger partial charge in [-0.05, 0) is 49.2 Å². The van der Waals surface area contributed by atoms with Crippen molar-refractivity contribution >= 4 is 11.7 Å². The van der Waals surface area contributed by atoms with Crippen molar-refractivity contribution in [2.45, 2.75) is 18.8 Å². The first kappa shape index (κ1) is 17.1. The van der Waals surface area contributed by atoms with Crippen LogP contribution in [0.5, 0.6) is 0 Å². The molecule has 4 rings (SSSR count). The van der Waals surface area contributed by atoms with E-state index >= 15 is 0 Å². The zero-order chi connectivity index (χ0) is 18.6. The third-order valence-electron chi connectivity index (χ3n) is 4.61. The molecule has 0 saturated carbocycles. The number of aromatic amines is 1. The highest BCUT2D eigenvalue weighted by molar-refractivity contribution is 5.89. The minimum atomic E-state index is -0.333. The number of halogens is 1. The van der Waals surface area contributed by atoms with E-state index in [2.05, 4.69) is 25.5 Å². The zero-order valence-corrected chi connectivity index (χ0v) is 14.6. The summed E-state index contributed by atoms with van der Waals surface area (Å²) in [6.07, 6.45) is 5.23. The molecule has 0 spiro atoms. The maximum absolute atomic E-state index is 13.0. The summed E-state index contributed by atoms with van der Waals surface area (Å²) in [5.41, 5.74) is 1.42. The van der Waals surface area contributed by atoms with Crippen LogP contribution in [0.4, 0.5) is 14.9 Å². The van der Waals surface area contributed by atoms with Gasteiger partial charge in [0.2, 0.25) is 0 Å². The lowest BCUT2D eigenvalue weighted by Gasteiger charge is -2.31. The summed E-state index contributed by atoms with van der Waals surface area (Å²) in [4.78, 5) is 22.9. The Morgan fingerprint density at radius 2 is 2.11 bits per heavy atom. The molecule has 1 aliphatic heterocycles. The Morgan fingerprint density at radius 1 is 1.26 bits per heavy atom. The van der Waals surface area contributed by atoms with E-state index < -0.39 is 0 Å². The highest BCUT2D eigenvalue weighted by Gasteiger charge is 2.27. The molecule has 1 atom stereocenters. The fourth-order valence-corrected chi connectivity index (χ4v) is 3.20. The second-order valence-electron chi connectivity index (χ2n) is 6.51. The number of amides is 2.